The Labute approximate surface area is 191 Å². The number of methoxy groups -OCH3 is 1. The van der Waals surface area contributed by atoms with Gasteiger partial charge in [-0.2, -0.15) is 0 Å². The monoisotopic (exact) mass is 481 g/mol. The molecule has 166 valence electrons. The zero-order valence-electron chi connectivity index (χ0n) is 17.8. The zero-order valence-corrected chi connectivity index (χ0v) is 20.1. The summed E-state index contributed by atoms with van der Waals surface area (Å²) in [7, 11) is 1.76. The highest BCUT2D eigenvalue weighted by Gasteiger charge is 2.28. The number of hydrogen-bond acceptors (Lipinski definition) is 7. The van der Waals surface area contributed by atoms with E-state index in [2.05, 4.69) is 4.98 Å². The maximum atomic E-state index is 13.6. The number of ether oxygens (including phenoxy) is 1. The van der Waals surface area contributed by atoms with Crippen LogP contribution in [-0.4, -0.2) is 64.3 Å². The van der Waals surface area contributed by atoms with Crippen molar-refractivity contribution in [3.8, 4) is 5.75 Å². The van der Waals surface area contributed by atoms with Crippen molar-refractivity contribution in [3.63, 3.8) is 0 Å². The number of likely N-dealkylation sites (N-methyl/N-ethyl adjacent to an activating group) is 1. The summed E-state index contributed by atoms with van der Waals surface area (Å²) in [5, 5.41) is 0.936. The van der Waals surface area contributed by atoms with E-state index in [1.54, 1.807) is 38.3 Å². The Morgan fingerprint density at radius 3 is 2.52 bits per heavy atom. The van der Waals surface area contributed by atoms with E-state index >= 15 is 0 Å². The number of sulfone groups is 1. The first-order valence-corrected chi connectivity index (χ1v) is 12.5. The molecule has 1 heterocycles. The maximum Gasteiger partial charge on any atom is 0.261 e. The summed E-state index contributed by atoms with van der Waals surface area (Å²) in [6.07, 6.45) is 0. The number of carbonyl (C=O) groups is 1. The number of aromatic nitrogens is 1. The molecule has 0 saturated carbocycles. The second kappa shape index (κ2) is 9.52. The molecule has 0 radical (unpaired) electrons. The molecule has 0 fully saturated rings. The van der Waals surface area contributed by atoms with Crippen molar-refractivity contribution in [2.75, 3.05) is 44.9 Å². The van der Waals surface area contributed by atoms with Crippen LogP contribution < -0.4 is 9.64 Å². The first-order valence-electron chi connectivity index (χ1n) is 9.61. The van der Waals surface area contributed by atoms with Crippen LogP contribution in [-0.2, 0) is 9.84 Å². The van der Waals surface area contributed by atoms with Crippen molar-refractivity contribution in [2.45, 2.75) is 11.8 Å². The fraction of sp³-hybridized carbons (Fsp3) is 0.333. The molecule has 10 heteroatoms. The van der Waals surface area contributed by atoms with Crippen LogP contribution >= 0.6 is 22.9 Å². The lowest BCUT2D eigenvalue weighted by atomic mass is 10.2. The van der Waals surface area contributed by atoms with Gasteiger partial charge in [0.15, 0.2) is 15.0 Å². The minimum atomic E-state index is -3.58. The molecule has 0 N–H and O–H groups in total. The molecule has 0 aliphatic carbocycles. The van der Waals surface area contributed by atoms with Crippen LogP contribution in [0.4, 0.5) is 5.13 Å². The van der Waals surface area contributed by atoms with Gasteiger partial charge in [-0.3, -0.25) is 9.69 Å². The number of nitrogens with zero attached hydrogens (tertiary/aromatic N) is 3. The number of hydrogen-bond donors (Lipinski definition) is 0. The van der Waals surface area contributed by atoms with Gasteiger partial charge in [0.1, 0.15) is 11.3 Å². The highest BCUT2D eigenvalue weighted by molar-refractivity contribution is 7.91. The lowest BCUT2D eigenvalue weighted by molar-refractivity contribution is 0.0982. The van der Waals surface area contributed by atoms with Gasteiger partial charge in [0.2, 0.25) is 0 Å². The number of rotatable bonds is 8. The quantitative estimate of drug-likeness (QED) is 0.484. The van der Waals surface area contributed by atoms with Gasteiger partial charge in [-0.1, -0.05) is 42.0 Å². The largest absolute Gasteiger partial charge is 0.494 e. The van der Waals surface area contributed by atoms with Gasteiger partial charge in [-0.05, 0) is 38.4 Å². The van der Waals surface area contributed by atoms with Gasteiger partial charge in [-0.15, -0.1) is 0 Å². The van der Waals surface area contributed by atoms with E-state index in [4.69, 9.17) is 16.3 Å². The molecule has 0 saturated heterocycles. The maximum absolute atomic E-state index is 13.6. The third-order valence-corrected chi connectivity index (χ3v) is 8.07. The predicted octanol–water partition coefficient (Wildman–Crippen LogP) is 3.96. The second-order valence-corrected chi connectivity index (χ2v) is 10.7. The highest BCUT2D eigenvalue weighted by atomic mass is 35.5. The van der Waals surface area contributed by atoms with E-state index in [-0.39, 0.29) is 16.2 Å². The topological polar surface area (TPSA) is 79.8 Å². The third kappa shape index (κ3) is 4.85. The number of halogens is 1. The summed E-state index contributed by atoms with van der Waals surface area (Å²) in [4.78, 5) is 21.7. The number of thiazole rings is 1. The van der Waals surface area contributed by atoms with Crippen molar-refractivity contribution in [1.29, 1.82) is 0 Å². The van der Waals surface area contributed by atoms with Crippen molar-refractivity contribution in [2.24, 2.45) is 0 Å². The molecule has 2 aromatic carbocycles. The van der Waals surface area contributed by atoms with Crippen LogP contribution in [0.2, 0.25) is 5.02 Å². The SMILES string of the molecule is CCS(=O)(=O)c1ccccc1C(=O)N(CCN(C)C)c1nc2c(OC)ccc(Cl)c2s1. The fourth-order valence-electron chi connectivity index (χ4n) is 3.02. The van der Waals surface area contributed by atoms with E-state index in [0.717, 1.165) is 0 Å². The smallest absolute Gasteiger partial charge is 0.261 e. The molecule has 7 nitrogen and oxygen atoms in total. The van der Waals surface area contributed by atoms with E-state index in [9.17, 15) is 13.2 Å². The molecule has 0 spiro atoms. The number of fused-ring (bicyclic) bond motifs is 1. The van der Waals surface area contributed by atoms with E-state index in [0.29, 0.717) is 39.2 Å². The van der Waals surface area contributed by atoms with E-state index in [1.165, 1.54) is 28.4 Å². The summed E-state index contributed by atoms with van der Waals surface area (Å²) in [5.74, 6) is 0.0302. The van der Waals surface area contributed by atoms with E-state index < -0.39 is 15.7 Å². The zero-order chi connectivity index (χ0) is 22.8. The Kier molecular flexibility index (Phi) is 7.20. The van der Waals surface area contributed by atoms with Crippen LogP contribution in [0.25, 0.3) is 10.2 Å². The minimum absolute atomic E-state index is 0.0223. The first kappa shape index (κ1) is 23.5. The predicted molar refractivity (Wildman–Crippen MR) is 126 cm³/mol. The molecule has 3 rings (SSSR count). The lowest BCUT2D eigenvalue weighted by Crippen LogP contribution is -2.37. The van der Waals surface area contributed by atoms with Crippen molar-refractivity contribution in [1.82, 2.24) is 9.88 Å². The van der Waals surface area contributed by atoms with Crippen LogP contribution in [0.15, 0.2) is 41.3 Å². The Bertz CT molecular complexity index is 1210. The number of amides is 1. The Balaban J connectivity index is 2.15. The summed E-state index contributed by atoms with van der Waals surface area (Å²) in [5.41, 5.74) is 0.688. The molecular formula is C21H24ClN3O4S2. The lowest BCUT2D eigenvalue weighted by Gasteiger charge is -2.23. The average molecular weight is 482 g/mol. The molecule has 0 aliphatic heterocycles. The Hall–Kier alpha value is -2.20. The van der Waals surface area contributed by atoms with Gasteiger partial charge >= 0.3 is 0 Å². The normalized spacial score (nSPS) is 11.8. The van der Waals surface area contributed by atoms with Crippen LogP contribution in [0.3, 0.4) is 0 Å². The highest BCUT2D eigenvalue weighted by Crippen LogP contribution is 2.39. The van der Waals surface area contributed by atoms with Gasteiger partial charge in [-0.25, -0.2) is 13.4 Å². The first-order chi connectivity index (χ1) is 14.7. The van der Waals surface area contributed by atoms with Gasteiger partial charge < -0.3 is 9.64 Å². The van der Waals surface area contributed by atoms with Crippen LogP contribution in [0.1, 0.15) is 17.3 Å². The summed E-state index contributed by atoms with van der Waals surface area (Å²) in [6.45, 7) is 2.45. The molecule has 0 bridgehead atoms. The third-order valence-electron chi connectivity index (χ3n) is 4.75. The molecule has 0 aliphatic rings. The van der Waals surface area contributed by atoms with Gasteiger partial charge in [0, 0.05) is 13.1 Å². The van der Waals surface area contributed by atoms with Gasteiger partial charge in [0.05, 0.1) is 33.0 Å². The van der Waals surface area contributed by atoms with E-state index in [1.807, 2.05) is 19.0 Å². The standard InChI is InChI=1S/C21H24ClN3O4S2/c1-5-31(27,28)17-9-7-6-8-14(17)20(26)25(13-12-24(2)3)21-23-18-16(29-4)11-10-15(22)19(18)30-21/h6-11H,5,12-13H2,1-4H3. The number of anilines is 1. The van der Waals surface area contributed by atoms with Gasteiger partial charge in [0.25, 0.3) is 5.91 Å². The summed E-state index contributed by atoms with van der Waals surface area (Å²) < 4.78 is 31.3. The van der Waals surface area contributed by atoms with Crippen molar-refractivity contribution < 1.29 is 17.9 Å². The fourth-order valence-corrected chi connectivity index (χ4v) is 5.39. The van der Waals surface area contributed by atoms with Crippen molar-refractivity contribution in [3.05, 3.63) is 47.0 Å². The summed E-state index contributed by atoms with van der Waals surface area (Å²) in [6, 6.07) is 9.72. The molecule has 1 aromatic heterocycles. The van der Waals surface area contributed by atoms with Crippen LogP contribution in [0, 0.1) is 0 Å². The number of carbonyl (C=O) groups excluding carboxylic acids is 1. The summed E-state index contributed by atoms with van der Waals surface area (Å²) >= 11 is 7.63. The molecule has 1 amide bonds. The Morgan fingerprint density at radius 1 is 1.16 bits per heavy atom. The average Bonchev–Trinajstić information content (AvgIpc) is 3.20. The molecule has 0 unspecified atom stereocenters. The van der Waals surface area contributed by atoms with Crippen LogP contribution in [0.5, 0.6) is 5.75 Å². The molecule has 0 atom stereocenters. The molecule has 31 heavy (non-hydrogen) atoms. The number of benzene rings is 2. The second-order valence-electron chi connectivity index (χ2n) is 7.08. The van der Waals surface area contributed by atoms with Crippen molar-refractivity contribution >= 4 is 54.0 Å². The molecule has 3 aromatic rings. The minimum Gasteiger partial charge on any atom is -0.494 e. The Morgan fingerprint density at radius 2 is 1.87 bits per heavy atom. The molecular weight excluding hydrogens is 458 g/mol.